The van der Waals surface area contributed by atoms with Crippen molar-refractivity contribution in [1.82, 2.24) is 4.90 Å². The predicted octanol–water partition coefficient (Wildman–Crippen LogP) is 4.44. The number of nitrogens with zero attached hydrogens (tertiary/aromatic N) is 1. The number of benzene rings is 1. The smallest absolute Gasteiger partial charge is 0.120 e. The minimum Gasteiger partial charge on any atom is -0.508 e. The summed E-state index contributed by atoms with van der Waals surface area (Å²) in [5.41, 5.74) is 3.65. The molecular weight excluding hydrogens is 246 g/mol. The zero-order valence-electron chi connectivity index (χ0n) is 13.6. The molecule has 1 aliphatic rings. The summed E-state index contributed by atoms with van der Waals surface area (Å²) in [5, 5.41) is 10.3. The van der Waals surface area contributed by atoms with Crippen molar-refractivity contribution in [3.05, 3.63) is 28.8 Å². The van der Waals surface area contributed by atoms with Gasteiger partial charge >= 0.3 is 0 Å². The third-order valence-corrected chi connectivity index (χ3v) is 4.13. The molecule has 1 aromatic carbocycles. The van der Waals surface area contributed by atoms with Crippen LogP contribution in [0.1, 0.15) is 63.1 Å². The Morgan fingerprint density at radius 1 is 1.20 bits per heavy atom. The first kappa shape index (κ1) is 15.4. The molecule has 0 atom stereocenters. The van der Waals surface area contributed by atoms with Crippen LogP contribution < -0.4 is 0 Å². The average Bonchev–Trinajstić information content (AvgIpc) is 3.14. The Kier molecular flexibility index (Phi) is 4.74. The summed E-state index contributed by atoms with van der Waals surface area (Å²) < 4.78 is 0. The zero-order chi connectivity index (χ0) is 14.9. The van der Waals surface area contributed by atoms with Gasteiger partial charge in [0.25, 0.3) is 0 Å². The normalized spacial score (nSPS) is 15.6. The van der Waals surface area contributed by atoms with Crippen LogP contribution in [0.15, 0.2) is 12.1 Å². The first-order valence-electron chi connectivity index (χ1n) is 7.95. The second-order valence-corrected chi connectivity index (χ2v) is 7.05. The van der Waals surface area contributed by atoms with Crippen molar-refractivity contribution in [2.45, 2.75) is 66.0 Å². The van der Waals surface area contributed by atoms with Crippen LogP contribution in [-0.4, -0.2) is 22.6 Å². The maximum atomic E-state index is 10.3. The topological polar surface area (TPSA) is 23.5 Å². The molecule has 0 aliphatic heterocycles. The molecule has 0 heterocycles. The molecule has 112 valence electrons. The Hall–Kier alpha value is -1.02. The van der Waals surface area contributed by atoms with Gasteiger partial charge in [-0.3, -0.25) is 4.90 Å². The molecule has 1 aliphatic carbocycles. The highest BCUT2D eigenvalue weighted by Crippen LogP contribution is 2.33. The molecular formula is C18H29NO. The fourth-order valence-corrected chi connectivity index (χ4v) is 2.98. The van der Waals surface area contributed by atoms with Crippen molar-refractivity contribution in [1.29, 1.82) is 0 Å². The van der Waals surface area contributed by atoms with E-state index >= 15 is 0 Å². The van der Waals surface area contributed by atoms with E-state index in [1.54, 1.807) is 0 Å². The van der Waals surface area contributed by atoms with Crippen LogP contribution >= 0.6 is 0 Å². The Balaban J connectivity index is 2.20. The van der Waals surface area contributed by atoms with E-state index in [9.17, 15) is 5.11 Å². The van der Waals surface area contributed by atoms with Gasteiger partial charge in [0.15, 0.2) is 0 Å². The summed E-state index contributed by atoms with van der Waals surface area (Å²) in [6, 6.07) is 4.89. The van der Waals surface area contributed by atoms with Gasteiger partial charge in [0.2, 0.25) is 0 Å². The van der Waals surface area contributed by atoms with Gasteiger partial charge in [-0.1, -0.05) is 33.8 Å². The number of aromatic hydroxyl groups is 1. The first-order chi connectivity index (χ1) is 9.38. The molecule has 0 aromatic heterocycles. The molecule has 1 N–H and O–H groups in total. The second kappa shape index (κ2) is 6.17. The molecule has 0 saturated heterocycles. The SMILES string of the molecule is Cc1cc(O)c(CN(CC(C)C)C2CC2)cc1C(C)C. The number of hydrogen-bond acceptors (Lipinski definition) is 2. The molecule has 0 radical (unpaired) electrons. The van der Waals surface area contributed by atoms with E-state index in [0.29, 0.717) is 17.6 Å². The standard InChI is InChI=1S/C18H29NO/c1-12(2)10-19(16-6-7-16)11-15-9-17(13(3)4)14(5)8-18(15)20/h8-9,12-13,16,20H,6-7,10-11H2,1-5H3. The van der Waals surface area contributed by atoms with Crippen LogP contribution in [0.4, 0.5) is 0 Å². The highest BCUT2D eigenvalue weighted by molar-refractivity contribution is 5.42. The minimum absolute atomic E-state index is 0.460. The number of aryl methyl sites for hydroxylation is 1. The number of phenols is 1. The van der Waals surface area contributed by atoms with Gasteiger partial charge in [0.1, 0.15) is 5.75 Å². The Morgan fingerprint density at radius 2 is 1.85 bits per heavy atom. The Morgan fingerprint density at radius 3 is 2.35 bits per heavy atom. The molecule has 0 spiro atoms. The van der Waals surface area contributed by atoms with E-state index < -0.39 is 0 Å². The minimum atomic E-state index is 0.460. The fourth-order valence-electron chi connectivity index (χ4n) is 2.98. The highest BCUT2D eigenvalue weighted by Gasteiger charge is 2.29. The average molecular weight is 275 g/mol. The van der Waals surface area contributed by atoms with Gasteiger partial charge < -0.3 is 5.11 Å². The lowest BCUT2D eigenvalue weighted by atomic mass is 9.95. The van der Waals surface area contributed by atoms with Crippen molar-refractivity contribution in [3.63, 3.8) is 0 Å². The lowest BCUT2D eigenvalue weighted by Gasteiger charge is -2.25. The zero-order valence-corrected chi connectivity index (χ0v) is 13.6. The van der Waals surface area contributed by atoms with Crippen molar-refractivity contribution < 1.29 is 5.11 Å². The molecule has 0 unspecified atom stereocenters. The molecule has 20 heavy (non-hydrogen) atoms. The summed E-state index contributed by atoms with van der Waals surface area (Å²) in [4.78, 5) is 2.54. The van der Waals surface area contributed by atoms with Crippen LogP contribution in [0.25, 0.3) is 0 Å². The molecule has 0 amide bonds. The van der Waals surface area contributed by atoms with Gasteiger partial charge in [-0.15, -0.1) is 0 Å². The first-order valence-corrected chi connectivity index (χ1v) is 7.95. The molecule has 0 bridgehead atoms. The summed E-state index contributed by atoms with van der Waals surface area (Å²) in [7, 11) is 0. The molecule has 1 saturated carbocycles. The van der Waals surface area contributed by atoms with E-state index in [-0.39, 0.29) is 0 Å². The monoisotopic (exact) mass is 275 g/mol. The van der Waals surface area contributed by atoms with Gasteiger partial charge in [0.05, 0.1) is 0 Å². The van der Waals surface area contributed by atoms with Crippen LogP contribution in [0.5, 0.6) is 5.75 Å². The van der Waals surface area contributed by atoms with Crippen molar-refractivity contribution in [2.24, 2.45) is 5.92 Å². The van der Waals surface area contributed by atoms with Gasteiger partial charge in [-0.2, -0.15) is 0 Å². The van der Waals surface area contributed by atoms with Gasteiger partial charge in [-0.25, -0.2) is 0 Å². The Bertz CT molecular complexity index is 461. The molecule has 1 fully saturated rings. The van der Waals surface area contributed by atoms with E-state index in [1.807, 2.05) is 6.07 Å². The molecule has 2 heteroatoms. The van der Waals surface area contributed by atoms with Crippen LogP contribution in [-0.2, 0) is 6.54 Å². The van der Waals surface area contributed by atoms with Crippen molar-refractivity contribution >= 4 is 0 Å². The summed E-state index contributed by atoms with van der Waals surface area (Å²) in [6.07, 6.45) is 2.63. The predicted molar refractivity (Wildman–Crippen MR) is 85.2 cm³/mol. The number of phenolic OH excluding ortho intramolecular Hbond substituents is 1. The van der Waals surface area contributed by atoms with Crippen LogP contribution in [0.3, 0.4) is 0 Å². The van der Waals surface area contributed by atoms with Crippen LogP contribution in [0.2, 0.25) is 0 Å². The number of hydrogen-bond donors (Lipinski definition) is 1. The fraction of sp³-hybridized carbons (Fsp3) is 0.667. The number of rotatable bonds is 6. The second-order valence-electron chi connectivity index (χ2n) is 7.05. The quantitative estimate of drug-likeness (QED) is 0.829. The van der Waals surface area contributed by atoms with Crippen LogP contribution in [0, 0.1) is 12.8 Å². The van der Waals surface area contributed by atoms with E-state index in [0.717, 1.165) is 24.7 Å². The molecule has 2 rings (SSSR count). The third kappa shape index (κ3) is 3.76. The van der Waals surface area contributed by atoms with E-state index in [4.69, 9.17) is 0 Å². The third-order valence-electron chi connectivity index (χ3n) is 4.13. The lowest BCUT2D eigenvalue weighted by Crippen LogP contribution is -2.29. The maximum Gasteiger partial charge on any atom is 0.120 e. The van der Waals surface area contributed by atoms with E-state index in [1.165, 1.54) is 24.0 Å². The summed E-state index contributed by atoms with van der Waals surface area (Å²) >= 11 is 0. The Labute approximate surface area is 123 Å². The van der Waals surface area contributed by atoms with Gasteiger partial charge in [-0.05, 0) is 48.8 Å². The highest BCUT2D eigenvalue weighted by atomic mass is 16.3. The van der Waals surface area contributed by atoms with E-state index in [2.05, 4.69) is 45.6 Å². The van der Waals surface area contributed by atoms with Crippen molar-refractivity contribution in [3.8, 4) is 5.75 Å². The molecule has 2 nitrogen and oxygen atoms in total. The summed E-state index contributed by atoms with van der Waals surface area (Å²) in [5.74, 6) is 1.64. The van der Waals surface area contributed by atoms with Crippen molar-refractivity contribution in [2.75, 3.05) is 6.54 Å². The summed E-state index contributed by atoms with van der Waals surface area (Å²) in [6.45, 7) is 13.1. The largest absolute Gasteiger partial charge is 0.508 e. The lowest BCUT2D eigenvalue weighted by molar-refractivity contribution is 0.223. The van der Waals surface area contributed by atoms with Gasteiger partial charge in [0, 0.05) is 24.7 Å². The molecule has 1 aromatic rings. The maximum absolute atomic E-state index is 10.3.